The quantitative estimate of drug-likeness (QED) is 0.899. The molecule has 0 spiro atoms. The van der Waals surface area contributed by atoms with Crippen molar-refractivity contribution in [1.82, 2.24) is 0 Å². The first-order valence-electron chi connectivity index (χ1n) is 5.94. The molecule has 0 unspecified atom stereocenters. The minimum Gasteiger partial charge on any atom is -0.495 e. The fourth-order valence-corrected chi connectivity index (χ4v) is 2.88. The lowest BCUT2D eigenvalue weighted by molar-refractivity contribution is -0.137. The van der Waals surface area contributed by atoms with Gasteiger partial charge >= 0.3 is 5.97 Å². The van der Waals surface area contributed by atoms with Crippen molar-refractivity contribution in [2.24, 2.45) is 0 Å². The van der Waals surface area contributed by atoms with E-state index >= 15 is 0 Å². The highest BCUT2D eigenvalue weighted by Gasteiger charge is 2.16. The van der Waals surface area contributed by atoms with Gasteiger partial charge in [0, 0.05) is 6.42 Å². The van der Waals surface area contributed by atoms with Gasteiger partial charge in [0.15, 0.2) is 0 Å². The normalized spacial score (nSPS) is 10.5. The lowest BCUT2D eigenvalue weighted by Crippen LogP contribution is -2.03. The van der Waals surface area contributed by atoms with Gasteiger partial charge in [0.05, 0.1) is 11.6 Å². The second-order valence-corrected chi connectivity index (χ2v) is 5.24. The summed E-state index contributed by atoms with van der Waals surface area (Å²) >= 11 is 3.56. The van der Waals surface area contributed by atoms with Gasteiger partial charge in [-0.2, -0.15) is 0 Å². The van der Waals surface area contributed by atoms with Crippen LogP contribution < -0.4 is 4.74 Å². The van der Waals surface area contributed by atoms with Crippen LogP contribution in [0.3, 0.4) is 0 Å². The maximum absolute atomic E-state index is 10.6. The number of carbonyl (C=O) groups is 1. The molecule has 4 heteroatoms. The Morgan fingerprint density at radius 3 is 2.33 bits per heavy atom. The van der Waals surface area contributed by atoms with E-state index in [4.69, 9.17) is 9.84 Å². The van der Waals surface area contributed by atoms with Crippen molar-refractivity contribution in [2.45, 2.75) is 40.0 Å². The summed E-state index contributed by atoms with van der Waals surface area (Å²) in [5, 5.41) is 8.69. The lowest BCUT2D eigenvalue weighted by Gasteiger charge is -2.18. The molecule has 0 aromatic heterocycles. The summed E-state index contributed by atoms with van der Waals surface area (Å²) in [5.41, 5.74) is 4.67. The standard InChI is InChI=1S/C14H19BrO3/c1-8-9(2)14(18-4)13(15)10(3)11(8)6-5-7-12(16)17/h5-7H2,1-4H3,(H,16,17). The van der Waals surface area contributed by atoms with Gasteiger partial charge in [0.1, 0.15) is 5.75 Å². The summed E-state index contributed by atoms with van der Waals surface area (Å²) in [6, 6.07) is 0. The summed E-state index contributed by atoms with van der Waals surface area (Å²) < 4.78 is 6.36. The molecule has 0 bridgehead atoms. The zero-order valence-electron chi connectivity index (χ0n) is 11.3. The number of hydrogen-bond donors (Lipinski definition) is 1. The number of benzene rings is 1. The molecule has 0 heterocycles. The molecule has 0 aliphatic heterocycles. The van der Waals surface area contributed by atoms with Crippen molar-refractivity contribution in [2.75, 3.05) is 7.11 Å². The number of ether oxygens (including phenoxy) is 1. The maximum Gasteiger partial charge on any atom is 0.303 e. The average molecular weight is 315 g/mol. The third-order valence-corrected chi connectivity index (χ3v) is 4.31. The topological polar surface area (TPSA) is 46.5 Å². The van der Waals surface area contributed by atoms with E-state index in [9.17, 15) is 4.79 Å². The number of methoxy groups -OCH3 is 1. The van der Waals surface area contributed by atoms with Gasteiger partial charge in [0.2, 0.25) is 0 Å². The van der Waals surface area contributed by atoms with Gasteiger partial charge in [-0.25, -0.2) is 0 Å². The largest absolute Gasteiger partial charge is 0.495 e. The second kappa shape index (κ2) is 6.23. The molecule has 1 rings (SSSR count). The first-order chi connectivity index (χ1) is 8.40. The minimum atomic E-state index is -0.741. The molecule has 0 saturated carbocycles. The third kappa shape index (κ3) is 3.05. The number of halogens is 1. The first kappa shape index (κ1) is 15.0. The van der Waals surface area contributed by atoms with E-state index in [-0.39, 0.29) is 6.42 Å². The first-order valence-corrected chi connectivity index (χ1v) is 6.73. The fourth-order valence-electron chi connectivity index (χ4n) is 2.18. The van der Waals surface area contributed by atoms with Crippen molar-refractivity contribution in [3.05, 3.63) is 26.7 Å². The lowest BCUT2D eigenvalue weighted by atomic mass is 9.93. The van der Waals surface area contributed by atoms with E-state index in [1.165, 1.54) is 11.1 Å². The van der Waals surface area contributed by atoms with E-state index in [2.05, 4.69) is 22.9 Å². The summed E-state index contributed by atoms with van der Waals surface area (Å²) in [6.45, 7) is 6.13. The number of hydrogen-bond acceptors (Lipinski definition) is 2. The van der Waals surface area contributed by atoms with Gasteiger partial charge in [-0.3, -0.25) is 4.79 Å². The molecule has 3 nitrogen and oxygen atoms in total. The highest BCUT2D eigenvalue weighted by atomic mass is 79.9. The molecule has 0 saturated heterocycles. The van der Waals surface area contributed by atoms with Crippen LogP contribution in [0.4, 0.5) is 0 Å². The highest BCUT2D eigenvalue weighted by molar-refractivity contribution is 9.10. The van der Waals surface area contributed by atoms with Gasteiger partial charge in [0.25, 0.3) is 0 Å². The monoisotopic (exact) mass is 314 g/mol. The van der Waals surface area contributed by atoms with Crippen molar-refractivity contribution in [1.29, 1.82) is 0 Å². The third-order valence-electron chi connectivity index (χ3n) is 3.36. The van der Waals surface area contributed by atoms with E-state index in [1.54, 1.807) is 7.11 Å². The van der Waals surface area contributed by atoms with E-state index in [0.717, 1.165) is 27.8 Å². The van der Waals surface area contributed by atoms with Crippen LogP contribution in [0.5, 0.6) is 5.75 Å². The molecule has 1 aromatic carbocycles. The van der Waals surface area contributed by atoms with Crippen LogP contribution >= 0.6 is 15.9 Å². The number of carboxylic acids is 1. The Balaban J connectivity index is 3.09. The molecule has 0 aliphatic rings. The van der Waals surface area contributed by atoms with E-state index in [0.29, 0.717) is 6.42 Å². The Hall–Kier alpha value is -1.03. The summed E-state index contributed by atoms with van der Waals surface area (Å²) in [7, 11) is 1.66. The molecule has 0 fully saturated rings. The van der Waals surface area contributed by atoms with Crippen molar-refractivity contribution >= 4 is 21.9 Å². The molecule has 1 aromatic rings. The molecular formula is C14H19BrO3. The molecule has 0 atom stereocenters. The average Bonchev–Trinajstić information content (AvgIpc) is 2.31. The molecule has 18 heavy (non-hydrogen) atoms. The van der Waals surface area contributed by atoms with Crippen LogP contribution in [0.15, 0.2) is 4.47 Å². The smallest absolute Gasteiger partial charge is 0.303 e. The molecule has 1 N–H and O–H groups in total. The SMILES string of the molecule is COc1c(C)c(C)c(CCCC(=O)O)c(C)c1Br. The highest BCUT2D eigenvalue weighted by Crippen LogP contribution is 2.37. The van der Waals surface area contributed by atoms with Gasteiger partial charge in [-0.1, -0.05) is 0 Å². The predicted octanol–water partition coefficient (Wildman–Crippen LogP) is 3.79. The number of carboxylic acid groups (broad SMARTS) is 1. The number of aliphatic carboxylic acids is 1. The molecule has 0 aliphatic carbocycles. The Morgan fingerprint density at radius 1 is 1.22 bits per heavy atom. The van der Waals surface area contributed by atoms with Gasteiger partial charge in [-0.05, 0) is 71.8 Å². The van der Waals surface area contributed by atoms with Crippen LogP contribution in [-0.2, 0) is 11.2 Å². The summed E-state index contributed by atoms with van der Waals surface area (Å²) in [6.07, 6.45) is 1.66. The van der Waals surface area contributed by atoms with Crippen LogP contribution in [-0.4, -0.2) is 18.2 Å². The van der Waals surface area contributed by atoms with Gasteiger partial charge < -0.3 is 9.84 Å². The van der Waals surface area contributed by atoms with Crippen LogP contribution in [0.25, 0.3) is 0 Å². The summed E-state index contributed by atoms with van der Waals surface area (Å²) in [4.78, 5) is 10.6. The van der Waals surface area contributed by atoms with Gasteiger partial charge in [-0.15, -0.1) is 0 Å². The zero-order chi connectivity index (χ0) is 13.9. The van der Waals surface area contributed by atoms with Crippen molar-refractivity contribution in [3.8, 4) is 5.75 Å². The fraction of sp³-hybridized carbons (Fsp3) is 0.500. The second-order valence-electron chi connectivity index (χ2n) is 4.45. The van der Waals surface area contributed by atoms with Crippen LogP contribution in [0.1, 0.15) is 35.1 Å². The van der Waals surface area contributed by atoms with E-state index < -0.39 is 5.97 Å². The molecular weight excluding hydrogens is 296 g/mol. The van der Waals surface area contributed by atoms with Crippen LogP contribution in [0.2, 0.25) is 0 Å². The van der Waals surface area contributed by atoms with E-state index in [1.807, 2.05) is 13.8 Å². The van der Waals surface area contributed by atoms with Crippen molar-refractivity contribution in [3.63, 3.8) is 0 Å². The molecule has 100 valence electrons. The Morgan fingerprint density at radius 2 is 1.83 bits per heavy atom. The number of rotatable bonds is 5. The molecule has 0 radical (unpaired) electrons. The Kier molecular flexibility index (Phi) is 5.20. The summed E-state index contributed by atoms with van der Waals surface area (Å²) in [5.74, 6) is 0.126. The Labute approximate surface area is 116 Å². The molecule has 0 amide bonds. The zero-order valence-corrected chi connectivity index (χ0v) is 12.8. The maximum atomic E-state index is 10.6. The van der Waals surface area contributed by atoms with Crippen LogP contribution in [0, 0.1) is 20.8 Å². The minimum absolute atomic E-state index is 0.210. The predicted molar refractivity (Wildman–Crippen MR) is 75.5 cm³/mol. The Bertz CT molecular complexity index is 438. The van der Waals surface area contributed by atoms with Crippen molar-refractivity contribution < 1.29 is 14.6 Å².